The second kappa shape index (κ2) is 8.26. The molecule has 0 bridgehead atoms. The Labute approximate surface area is 167 Å². The summed E-state index contributed by atoms with van der Waals surface area (Å²) in [5.74, 6) is -0.373. The predicted molar refractivity (Wildman–Crippen MR) is 110 cm³/mol. The first-order valence-corrected chi connectivity index (χ1v) is 9.62. The predicted octanol–water partition coefficient (Wildman–Crippen LogP) is 5.03. The van der Waals surface area contributed by atoms with E-state index < -0.39 is 0 Å². The molecular formula is C21H18ClN3OS. The maximum absolute atomic E-state index is 12.4. The van der Waals surface area contributed by atoms with Gasteiger partial charge in [-0.25, -0.2) is 0 Å². The number of hydrogen-bond donors (Lipinski definition) is 1. The van der Waals surface area contributed by atoms with Gasteiger partial charge in [0, 0.05) is 27.0 Å². The molecular weight excluding hydrogens is 378 g/mol. The van der Waals surface area contributed by atoms with Crippen LogP contribution in [0.1, 0.15) is 21.8 Å². The summed E-state index contributed by atoms with van der Waals surface area (Å²) in [4.78, 5) is 13.4. The molecule has 0 aliphatic rings. The quantitative estimate of drug-likeness (QED) is 0.486. The Morgan fingerprint density at radius 2 is 2.04 bits per heavy atom. The molecule has 0 spiro atoms. The number of aromatic nitrogens is 1. The van der Waals surface area contributed by atoms with Crippen molar-refractivity contribution in [3.63, 3.8) is 0 Å². The van der Waals surface area contributed by atoms with Crippen LogP contribution in [0.4, 0.5) is 0 Å². The average Bonchev–Trinajstić information content (AvgIpc) is 3.27. The second-order valence-corrected chi connectivity index (χ2v) is 7.54. The van der Waals surface area contributed by atoms with E-state index in [0.29, 0.717) is 11.6 Å². The first-order chi connectivity index (χ1) is 13.0. The molecule has 6 heteroatoms. The fourth-order valence-electron chi connectivity index (χ4n) is 2.90. The second-order valence-electron chi connectivity index (χ2n) is 6.07. The third-order valence-electron chi connectivity index (χ3n) is 4.22. The maximum atomic E-state index is 12.4. The summed E-state index contributed by atoms with van der Waals surface area (Å²) in [6.45, 7) is 4.37. The lowest BCUT2D eigenvalue weighted by Gasteiger charge is -2.09. The van der Waals surface area contributed by atoms with E-state index in [9.17, 15) is 10.1 Å². The van der Waals surface area contributed by atoms with Crippen LogP contribution in [0.25, 0.3) is 11.8 Å². The number of benzene rings is 1. The molecule has 4 nitrogen and oxygen atoms in total. The third-order valence-corrected chi connectivity index (χ3v) is 5.35. The van der Waals surface area contributed by atoms with Gasteiger partial charge in [-0.15, -0.1) is 11.3 Å². The van der Waals surface area contributed by atoms with E-state index in [1.165, 1.54) is 0 Å². The van der Waals surface area contributed by atoms with Crippen LogP contribution in [-0.2, 0) is 11.3 Å². The highest BCUT2D eigenvalue weighted by Crippen LogP contribution is 2.24. The molecule has 136 valence electrons. The van der Waals surface area contributed by atoms with Gasteiger partial charge in [0.05, 0.1) is 6.54 Å². The monoisotopic (exact) mass is 395 g/mol. The smallest absolute Gasteiger partial charge is 0.262 e. The Morgan fingerprint density at radius 1 is 1.30 bits per heavy atom. The van der Waals surface area contributed by atoms with Crippen molar-refractivity contribution < 1.29 is 4.79 Å². The van der Waals surface area contributed by atoms with Crippen LogP contribution in [0.5, 0.6) is 0 Å². The van der Waals surface area contributed by atoms with Crippen molar-refractivity contribution in [2.45, 2.75) is 20.4 Å². The topological polar surface area (TPSA) is 57.8 Å². The van der Waals surface area contributed by atoms with E-state index >= 15 is 0 Å². The minimum absolute atomic E-state index is 0.0860. The van der Waals surface area contributed by atoms with Gasteiger partial charge in [-0.05, 0) is 67.3 Å². The molecule has 3 rings (SSSR count). The molecule has 2 heterocycles. The van der Waals surface area contributed by atoms with E-state index in [1.54, 1.807) is 17.4 Å². The van der Waals surface area contributed by atoms with Crippen LogP contribution in [0.15, 0.2) is 53.4 Å². The standard InChI is InChI=1S/C21H18ClN3OS/c1-14-10-16(15(2)25(14)19-7-5-18(22)6-8-19)11-17(12-23)21(26)24-13-20-4-3-9-27-20/h3-11H,13H2,1-2H3,(H,24,26)/b17-11+. The Bertz CT molecular complexity index is 1020. The Hall–Kier alpha value is -2.81. The largest absolute Gasteiger partial charge is 0.347 e. The zero-order chi connectivity index (χ0) is 19.4. The number of thiophene rings is 1. The first-order valence-electron chi connectivity index (χ1n) is 8.37. The fourth-order valence-corrected chi connectivity index (χ4v) is 3.67. The number of carbonyl (C=O) groups is 1. The van der Waals surface area contributed by atoms with E-state index in [4.69, 9.17) is 11.6 Å². The van der Waals surface area contributed by atoms with Crippen molar-refractivity contribution in [1.82, 2.24) is 9.88 Å². The highest BCUT2D eigenvalue weighted by atomic mass is 35.5. The molecule has 0 fully saturated rings. The number of nitriles is 1. The first kappa shape index (κ1) is 19.0. The van der Waals surface area contributed by atoms with Crippen LogP contribution in [0.3, 0.4) is 0 Å². The number of aryl methyl sites for hydroxylation is 1. The van der Waals surface area contributed by atoms with Crippen LogP contribution >= 0.6 is 22.9 Å². The molecule has 0 aliphatic heterocycles. The van der Waals surface area contributed by atoms with E-state index in [-0.39, 0.29) is 11.5 Å². The zero-order valence-corrected chi connectivity index (χ0v) is 16.6. The molecule has 1 aromatic carbocycles. The number of rotatable bonds is 5. The van der Waals surface area contributed by atoms with Crippen molar-refractivity contribution in [3.8, 4) is 11.8 Å². The normalized spacial score (nSPS) is 11.3. The molecule has 2 aromatic heterocycles. The summed E-state index contributed by atoms with van der Waals surface area (Å²) in [6.07, 6.45) is 1.64. The molecule has 0 radical (unpaired) electrons. The fraction of sp³-hybridized carbons (Fsp3) is 0.143. The minimum Gasteiger partial charge on any atom is -0.347 e. The molecule has 1 N–H and O–H groups in total. The summed E-state index contributed by atoms with van der Waals surface area (Å²) in [5, 5.41) is 14.9. The van der Waals surface area contributed by atoms with Crippen LogP contribution in [0.2, 0.25) is 5.02 Å². The summed E-state index contributed by atoms with van der Waals surface area (Å²) in [6, 6.07) is 15.4. The number of amides is 1. The van der Waals surface area contributed by atoms with Crippen LogP contribution < -0.4 is 5.32 Å². The van der Waals surface area contributed by atoms with Gasteiger partial charge in [-0.1, -0.05) is 17.7 Å². The number of nitrogens with one attached hydrogen (secondary N) is 1. The van der Waals surface area contributed by atoms with Gasteiger partial charge in [0.2, 0.25) is 0 Å². The van der Waals surface area contributed by atoms with Crippen LogP contribution in [-0.4, -0.2) is 10.5 Å². The Morgan fingerprint density at radius 3 is 2.67 bits per heavy atom. The van der Waals surface area contributed by atoms with Crippen molar-refractivity contribution in [1.29, 1.82) is 5.26 Å². The SMILES string of the molecule is Cc1cc(/C=C(\C#N)C(=O)NCc2cccs2)c(C)n1-c1ccc(Cl)cc1. The number of carbonyl (C=O) groups excluding carboxylic acids is 1. The van der Waals surface area contributed by atoms with Gasteiger partial charge >= 0.3 is 0 Å². The Kier molecular flexibility index (Phi) is 5.80. The molecule has 0 saturated heterocycles. The number of halogens is 1. The van der Waals surface area contributed by atoms with E-state index in [0.717, 1.165) is 27.5 Å². The molecule has 27 heavy (non-hydrogen) atoms. The molecule has 0 unspecified atom stereocenters. The lowest BCUT2D eigenvalue weighted by molar-refractivity contribution is -0.117. The average molecular weight is 396 g/mol. The van der Waals surface area contributed by atoms with Gasteiger partial charge in [-0.2, -0.15) is 5.26 Å². The summed E-state index contributed by atoms with van der Waals surface area (Å²) in [5.41, 5.74) is 3.87. The molecule has 1 amide bonds. The van der Waals surface area contributed by atoms with Gasteiger partial charge in [0.1, 0.15) is 11.6 Å². The van der Waals surface area contributed by atoms with E-state index in [1.807, 2.05) is 67.8 Å². The summed E-state index contributed by atoms with van der Waals surface area (Å²) in [7, 11) is 0. The summed E-state index contributed by atoms with van der Waals surface area (Å²) >= 11 is 7.54. The molecule has 0 atom stereocenters. The van der Waals surface area contributed by atoms with Gasteiger partial charge in [0.15, 0.2) is 0 Å². The Balaban J connectivity index is 1.86. The van der Waals surface area contributed by atoms with Crippen molar-refractivity contribution in [2.24, 2.45) is 0 Å². The van der Waals surface area contributed by atoms with Crippen molar-refractivity contribution in [3.05, 3.63) is 80.3 Å². The van der Waals surface area contributed by atoms with Gasteiger partial charge in [-0.3, -0.25) is 4.79 Å². The lowest BCUT2D eigenvalue weighted by Crippen LogP contribution is -2.23. The number of hydrogen-bond acceptors (Lipinski definition) is 3. The van der Waals surface area contributed by atoms with Crippen LogP contribution in [0, 0.1) is 25.2 Å². The molecule has 0 aliphatic carbocycles. The van der Waals surface area contributed by atoms with Gasteiger partial charge < -0.3 is 9.88 Å². The summed E-state index contributed by atoms with van der Waals surface area (Å²) < 4.78 is 2.07. The van der Waals surface area contributed by atoms with Gasteiger partial charge in [0.25, 0.3) is 5.91 Å². The van der Waals surface area contributed by atoms with Crippen molar-refractivity contribution >= 4 is 34.9 Å². The maximum Gasteiger partial charge on any atom is 0.262 e. The lowest BCUT2D eigenvalue weighted by atomic mass is 10.1. The minimum atomic E-state index is -0.373. The van der Waals surface area contributed by atoms with Crippen molar-refractivity contribution in [2.75, 3.05) is 0 Å². The highest BCUT2D eigenvalue weighted by Gasteiger charge is 2.13. The molecule has 3 aromatic rings. The molecule has 0 saturated carbocycles. The zero-order valence-electron chi connectivity index (χ0n) is 15.0. The third kappa shape index (κ3) is 4.30. The van der Waals surface area contributed by atoms with E-state index in [2.05, 4.69) is 9.88 Å². The highest BCUT2D eigenvalue weighted by molar-refractivity contribution is 7.09. The number of nitrogens with zero attached hydrogens (tertiary/aromatic N) is 2.